The normalized spacial score (nSPS) is 23.1. The smallest absolute Gasteiger partial charge is 0.241 e. The van der Waals surface area contributed by atoms with E-state index in [0.29, 0.717) is 18.0 Å². The van der Waals surface area contributed by atoms with Crippen molar-refractivity contribution in [3.05, 3.63) is 59.7 Å². The molecule has 5 atom stereocenters. The van der Waals surface area contributed by atoms with Gasteiger partial charge >= 0.3 is 0 Å². The SMILES string of the molecule is CO[C@@H]1c2cc(NC(=O)[C@H]3CCCN3)ccc2O[C@H](C(CC(=O)N(CCO)Cc2ccccc2)[Si](C)(C)O)[C@H]1C. The molecular weight excluding hydrogens is 526 g/mol. The fourth-order valence-corrected chi connectivity index (χ4v) is 7.74. The lowest BCUT2D eigenvalue weighted by Crippen LogP contribution is -2.50. The first-order chi connectivity index (χ1) is 19.1. The largest absolute Gasteiger partial charge is 0.490 e. The minimum atomic E-state index is -2.91. The molecular formula is C30H43N3O6Si. The van der Waals surface area contributed by atoms with Crippen LogP contribution in [0.5, 0.6) is 5.75 Å². The van der Waals surface area contributed by atoms with Gasteiger partial charge in [0.05, 0.1) is 18.8 Å². The molecule has 2 aliphatic rings. The number of methoxy groups -OCH3 is 1. The molecule has 4 N–H and O–H groups in total. The van der Waals surface area contributed by atoms with E-state index in [0.717, 1.165) is 30.5 Å². The van der Waals surface area contributed by atoms with Gasteiger partial charge in [-0.05, 0) is 56.2 Å². The molecule has 2 aromatic rings. The number of carbonyl (C=O) groups is 2. The van der Waals surface area contributed by atoms with Crippen molar-refractivity contribution < 1.29 is 29.0 Å². The van der Waals surface area contributed by atoms with E-state index < -0.39 is 20.0 Å². The number of nitrogens with one attached hydrogen (secondary N) is 2. The van der Waals surface area contributed by atoms with Crippen LogP contribution in [0, 0.1) is 5.92 Å². The van der Waals surface area contributed by atoms with E-state index >= 15 is 0 Å². The zero-order valence-electron chi connectivity index (χ0n) is 23.9. The summed E-state index contributed by atoms with van der Waals surface area (Å²) in [6.45, 7) is 6.98. The minimum Gasteiger partial charge on any atom is -0.490 e. The highest BCUT2D eigenvalue weighted by molar-refractivity contribution is 6.71. The number of nitrogens with zero attached hydrogens (tertiary/aromatic N) is 1. The van der Waals surface area contributed by atoms with Gasteiger partial charge in [-0.15, -0.1) is 0 Å². The van der Waals surface area contributed by atoms with Gasteiger partial charge in [-0.3, -0.25) is 9.59 Å². The van der Waals surface area contributed by atoms with Crippen LogP contribution in [-0.2, 0) is 20.9 Å². The predicted octanol–water partition coefficient (Wildman–Crippen LogP) is 3.44. The highest BCUT2D eigenvalue weighted by atomic mass is 28.4. The molecule has 218 valence electrons. The van der Waals surface area contributed by atoms with Crippen LogP contribution in [-0.4, -0.2) is 73.9 Å². The Hall–Kier alpha value is -2.76. The Kier molecular flexibility index (Phi) is 10.0. The summed E-state index contributed by atoms with van der Waals surface area (Å²) in [6, 6.07) is 15.0. The van der Waals surface area contributed by atoms with Crippen molar-refractivity contribution in [3.63, 3.8) is 0 Å². The van der Waals surface area contributed by atoms with Crippen LogP contribution >= 0.6 is 0 Å². The quantitative estimate of drug-likeness (QED) is 0.306. The Bertz CT molecular complexity index is 1150. The predicted molar refractivity (Wildman–Crippen MR) is 156 cm³/mol. The lowest BCUT2D eigenvalue weighted by molar-refractivity contribution is -0.133. The van der Waals surface area contributed by atoms with Crippen LogP contribution in [0.15, 0.2) is 48.5 Å². The third-order valence-electron chi connectivity index (χ3n) is 8.11. The molecule has 0 saturated carbocycles. The number of hydrogen-bond donors (Lipinski definition) is 4. The summed E-state index contributed by atoms with van der Waals surface area (Å²) < 4.78 is 12.5. The maximum Gasteiger partial charge on any atom is 0.241 e. The molecule has 2 heterocycles. The van der Waals surface area contributed by atoms with Crippen molar-refractivity contribution in [2.45, 2.75) is 69.6 Å². The van der Waals surface area contributed by atoms with E-state index in [4.69, 9.17) is 9.47 Å². The van der Waals surface area contributed by atoms with E-state index in [1.165, 1.54) is 0 Å². The number of aliphatic hydroxyl groups excluding tert-OH is 1. The lowest BCUT2D eigenvalue weighted by atomic mass is 9.86. The fraction of sp³-hybridized carbons (Fsp3) is 0.533. The number of benzene rings is 2. The molecule has 0 radical (unpaired) electrons. The van der Waals surface area contributed by atoms with Gasteiger partial charge in [0.2, 0.25) is 11.8 Å². The zero-order chi connectivity index (χ0) is 28.9. The first-order valence-corrected chi connectivity index (χ1v) is 17.2. The molecule has 10 heteroatoms. The number of aliphatic hydroxyl groups is 1. The summed E-state index contributed by atoms with van der Waals surface area (Å²) >= 11 is 0. The van der Waals surface area contributed by atoms with Gasteiger partial charge in [0, 0.05) is 49.3 Å². The molecule has 1 saturated heterocycles. The first kappa shape index (κ1) is 30.2. The topological polar surface area (TPSA) is 120 Å². The van der Waals surface area contributed by atoms with Crippen LogP contribution in [0.3, 0.4) is 0 Å². The zero-order valence-corrected chi connectivity index (χ0v) is 24.9. The van der Waals surface area contributed by atoms with Crippen molar-refractivity contribution >= 4 is 25.8 Å². The molecule has 1 unspecified atom stereocenters. The molecule has 1 fully saturated rings. The van der Waals surface area contributed by atoms with Gasteiger partial charge in [0.25, 0.3) is 0 Å². The summed E-state index contributed by atoms with van der Waals surface area (Å²) in [4.78, 5) is 39.3. The second kappa shape index (κ2) is 13.3. The minimum absolute atomic E-state index is 0.0522. The van der Waals surface area contributed by atoms with Crippen LogP contribution in [0.1, 0.15) is 43.4 Å². The molecule has 2 aliphatic heterocycles. The highest BCUT2D eigenvalue weighted by Crippen LogP contribution is 2.47. The first-order valence-electron chi connectivity index (χ1n) is 14.1. The second-order valence-electron chi connectivity index (χ2n) is 11.5. The number of carbonyl (C=O) groups excluding carboxylic acids is 2. The molecule has 4 rings (SSSR count). The molecule has 9 nitrogen and oxygen atoms in total. The van der Waals surface area contributed by atoms with Gasteiger partial charge in [-0.25, -0.2) is 0 Å². The molecule has 2 amide bonds. The van der Waals surface area contributed by atoms with E-state index in [2.05, 4.69) is 10.6 Å². The summed E-state index contributed by atoms with van der Waals surface area (Å²) in [6.07, 6.45) is 1.11. The third-order valence-corrected chi connectivity index (χ3v) is 10.5. The Labute approximate surface area is 238 Å². The van der Waals surface area contributed by atoms with E-state index in [-0.39, 0.29) is 49.5 Å². The molecule has 0 spiro atoms. The van der Waals surface area contributed by atoms with Crippen molar-refractivity contribution in [1.82, 2.24) is 10.2 Å². The van der Waals surface area contributed by atoms with E-state index in [1.54, 1.807) is 12.0 Å². The van der Waals surface area contributed by atoms with Gasteiger partial charge in [-0.2, -0.15) is 0 Å². The molecule has 2 aromatic carbocycles. The number of hydrogen-bond acceptors (Lipinski definition) is 7. The van der Waals surface area contributed by atoms with Crippen LogP contribution < -0.4 is 15.4 Å². The van der Waals surface area contributed by atoms with Gasteiger partial charge in [0.1, 0.15) is 11.9 Å². The summed E-state index contributed by atoms with van der Waals surface area (Å²) in [7, 11) is -1.26. The summed E-state index contributed by atoms with van der Waals surface area (Å²) in [5, 5.41) is 15.9. The Morgan fingerprint density at radius 2 is 1.98 bits per heavy atom. The van der Waals surface area contributed by atoms with Crippen molar-refractivity contribution in [1.29, 1.82) is 0 Å². The number of anilines is 1. The molecule has 0 aliphatic carbocycles. The Morgan fingerprint density at radius 1 is 1.23 bits per heavy atom. The molecule has 40 heavy (non-hydrogen) atoms. The van der Waals surface area contributed by atoms with E-state index in [1.807, 2.05) is 68.5 Å². The van der Waals surface area contributed by atoms with Gasteiger partial charge < -0.3 is 34.9 Å². The average Bonchev–Trinajstić information content (AvgIpc) is 3.47. The second-order valence-corrected chi connectivity index (χ2v) is 15.5. The standard InChI is InChI=1S/C30H43N3O6Si/c1-20-28(38-2)23-17-22(32-30(36)24-11-8-14-31-24)12-13-25(23)39-29(20)26(40(3,4)37)18-27(35)33(15-16-34)19-21-9-6-5-7-10-21/h5-7,9-10,12-13,17,20,24,26,28-29,31,34,37H,8,11,14-16,18-19H2,1-4H3,(H,32,36)/t20-,24+,26?,28-,29-/m0/s1. The maximum atomic E-state index is 13.6. The highest BCUT2D eigenvalue weighted by Gasteiger charge is 2.47. The number of ether oxygens (including phenoxy) is 2. The molecule has 0 bridgehead atoms. The van der Waals surface area contributed by atoms with E-state index in [9.17, 15) is 19.5 Å². The summed E-state index contributed by atoms with van der Waals surface area (Å²) in [5.41, 5.74) is 2.07. The van der Waals surface area contributed by atoms with Crippen LogP contribution in [0.25, 0.3) is 0 Å². The number of fused-ring (bicyclic) bond motifs is 1. The number of rotatable bonds is 11. The van der Waals surface area contributed by atoms with Crippen molar-refractivity contribution in [3.8, 4) is 5.75 Å². The number of amides is 2. The summed E-state index contributed by atoms with van der Waals surface area (Å²) in [5.74, 6) is 0.270. The fourth-order valence-electron chi connectivity index (χ4n) is 5.89. The Morgan fingerprint density at radius 3 is 2.60 bits per heavy atom. The Balaban J connectivity index is 1.55. The van der Waals surface area contributed by atoms with Gasteiger partial charge in [0.15, 0.2) is 8.32 Å². The average molecular weight is 570 g/mol. The maximum absolute atomic E-state index is 13.6. The van der Waals surface area contributed by atoms with Gasteiger partial charge in [-0.1, -0.05) is 37.3 Å². The lowest BCUT2D eigenvalue weighted by Gasteiger charge is -2.44. The third kappa shape index (κ3) is 7.11. The van der Waals surface area contributed by atoms with Crippen LogP contribution in [0.4, 0.5) is 5.69 Å². The van der Waals surface area contributed by atoms with Crippen molar-refractivity contribution in [2.24, 2.45) is 5.92 Å². The molecule has 0 aromatic heterocycles. The van der Waals surface area contributed by atoms with Crippen molar-refractivity contribution in [2.75, 3.05) is 32.1 Å². The van der Waals surface area contributed by atoms with Crippen LogP contribution in [0.2, 0.25) is 18.6 Å². The monoisotopic (exact) mass is 569 g/mol.